The van der Waals surface area contributed by atoms with Gasteiger partial charge in [-0.2, -0.15) is 4.89 Å². The first-order chi connectivity index (χ1) is 7.79. The van der Waals surface area contributed by atoms with E-state index >= 15 is 0 Å². The lowest BCUT2D eigenvalue weighted by molar-refractivity contribution is -0.0771. The number of hydrogen-bond acceptors (Lipinski definition) is 4. The van der Waals surface area contributed by atoms with Gasteiger partial charge in [-0.1, -0.05) is 6.07 Å². The second-order valence-corrected chi connectivity index (χ2v) is 5.78. The van der Waals surface area contributed by atoms with E-state index in [1.54, 1.807) is 22.6 Å². The molecular weight excluding hydrogens is 388 g/mol. The van der Waals surface area contributed by atoms with Crippen LogP contribution < -0.4 is 0 Å². The van der Waals surface area contributed by atoms with Crippen LogP contribution in [0.25, 0.3) is 0 Å². The number of hydrogen-bond donors (Lipinski definition) is 3. The first kappa shape index (κ1) is 15.0. The Balaban J connectivity index is 3.42. The fourth-order valence-corrected chi connectivity index (χ4v) is 3.35. The normalized spacial score (nSPS) is 16.3. The zero-order chi connectivity index (χ0) is 13.2. The van der Waals surface area contributed by atoms with Crippen LogP contribution in [0.3, 0.4) is 0 Å². The maximum atomic E-state index is 13.5. The minimum absolute atomic E-state index is 0.0827. The minimum atomic E-state index is -3.49. The average Bonchev–Trinajstić information content (AvgIpc) is 2.15. The summed E-state index contributed by atoms with van der Waals surface area (Å²) in [6.45, 7) is 0. The molecule has 1 aromatic carbocycles. The van der Waals surface area contributed by atoms with E-state index in [0.717, 1.165) is 6.07 Å². The third-order valence-electron chi connectivity index (χ3n) is 1.75. The Morgan fingerprint density at radius 3 is 2.35 bits per heavy atom. The zero-order valence-corrected chi connectivity index (χ0v) is 11.9. The van der Waals surface area contributed by atoms with Gasteiger partial charge in [0.1, 0.15) is 11.4 Å². The molecule has 1 aromatic rings. The highest BCUT2D eigenvalue weighted by Gasteiger charge is 2.61. The number of halogens is 2. The van der Waals surface area contributed by atoms with Crippen LogP contribution in [-0.2, 0) is 19.2 Å². The Hall–Kier alpha value is -0.0800. The summed E-state index contributed by atoms with van der Waals surface area (Å²) in [6, 6.07) is 3.58. The van der Waals surface area contributed by atoms with E-state index in [1.807, 2.05) is 0 Å². The molecule has 0 saturated carbocycles. The molecule has 6 nitrogen and oxygen atoms in total. The Morgan fingerprint density at radius 1 is 1.35 bits per heavy atom. The molecule has 0 aliphatic rings. The van der Waals surface area contributed by atoms with Crippen molar-refractivity contribution < 1.29 is 32.9 Å². The summed E-state index contributed by atoms with van der Waals surface area (Å²) in [6.07, 6.45) is 0. The van der Waals surface area contributed by atoms with Crippen molar-refractivity contribution in [1.29, 1.82) is 0 Å². The smallest absolute Gasteiger partial charge is 0.317 e. The van der Waals surface area contributed by atoms with Crippen LogP contribution in [0.2, 0.25) is 0 Å². The van der Waals surface area contributed by atoms with Crippen LogP contribution in [0.5, 0.6) is 0 Å². The summed E-state index contributed by atoms with van der Waals surface area (Å²) in [5.74, 6) is -1.02. The summed E-state index contributed by atoms with van der Waals surface area (Å²) >= 11 is 1.60. The average molecular weight is 394 g/mol. The highest BCUT2D eigenvalue weighted by molar-refractivity contribution is 14.1. The lowest BCUT2D eigenvalue weighted by Crippen LogP contribution is -2.25. The molecule has 0 aliphatic heterocycles. The van der Waals surface area contributed by atoms with Gasteiger partial charge in [-0.25, -0.2) is 4.39 Å². The van der Waals surface area contributed by atoms with E-state index in [0.29, 0.717) is 0 Å². The summed E-state index contributed by atoms with van der Waals surface area (Å²) in [4.78, 5) is 17.5. The van der Waals surface area contributed by atoms with Gasteiger partial charge in [0, 0.05) is 8.14 Å². The summed E-state index contributed by atoms with van der Waals surface area (Å²) in [5, 5.41) is 9.75. The van der Waals surface area contributed by atoms with Crippen molar-refractivity contribution in [2.24, 2.45) is 0 Å². The lowest BCUT2D eigenvalue weighted by Gasteiger charge is -2.10. The molecule has 92 valence electrons. The highest BCUT2D eigenvalue weighted by atomic mass is 127. The third-order valence-corrected chi connectivity index (χ3v) is 4.05. The second-order valence-electron chi connectivity index (χ2n) is 2.81. The van der Waals surface area contributed by atoms with Gasteiger partial charge in [-0.3, -0.25) is 0 Å². The Bertz CT molecular complexity index is 463. The van der Waals surface area contributed by atoms with Gasteiger partial charge in [0.05, 0.1) is 0 Å². The molecule has 0 heterocycles. The molecule has 1 rings (SSSR count). The van der Waals surface area contributed by atoms with Gasteiger partial charge in [-0.15, -0.1) is 4.89 Å². The predicted octanol–water partition coefficient (Wildman–Crippen LogP) is 1.93. The van der Waals surface area contributed by atoms with Crippen molar-refractivity contribution >= 4 is 38.9 Å². The van der Waals surface area contributed by atoms with Crippen molar-refractivity contribution in [2.45, 2.75) is 5.53 Å². The topological polar surface area (TPSA) is 104 Å². The van der Waals surface area contributed by atoms with Gasteiger partial charge in [0.2, 0.25) is 0 Å². The molecule has 0 fully saturated rings. The molecule has 0 spiro atoms. The Labute approximate surface area is 110 Å². The van der Waals surface area contributed by atoms with Gasteiger partial charge >= 0.3 is 21.8 Å². The maximum Gasteiger partial charge on any atom is 0.702 e. The Kier molecular flexibility index (Phi) is 5.03. The fourth-order valence-electron chi connectivity index (χ4n) is 1.09. The van der Waals surface area contributed by atoms with Gasteiger partial charge in [0.25, 0.3) is 0 Å². The molecule has 17 heavy (non-hydrogen) atoms. The van der Waals surface area contributed by atoms with Crippen molar-refractivity contribution in [3.05, 3.63) is 33.1 Å². The second kappa shape index (κ2) is 5.71. The first-order valence-electron chi connectivity index (χ1n) is 3.97. The largest absolute Gasteiger partial charge is 0.702 e. The van der Waals surface area contributed by atoms with Crippen LogP contribution in [0.4, 0.5) is 4.39 Å². The maximum absolute atomic E-state index is 13.5. The zero-order valence-electron chi connectivity index (χ0n) is 7.95. The molecule has 0 amide bonds. The van der Waals surface area contributed by atoms with Crippen LogP contribution in [0, 0.1) is 9.39 Å². The summed E-state index contributed by atoms with van der Waals surface area (Å²) in [5.41, 5.74) is -3.71. The molecule has 0 aromatic heterocycles. The molecule has 0 bridgehead atoms. The molecule has 3 N–H and O–H groups in total. The molecular formula is C7H6FIO6P2+2. The van der Waals surface area contributed by atoms with Crippen LogP contribution in [0.15, 0.2) is 18.2 Å². The molecule has 0 radical (unpaired) electrons. The molecule has 0 saturated heterocycles. The van der Waals surface area contributed by atoms with Gasteiger partial charge in [-0.05, 0) is 43.8 Å². The minimum Gasteiger partial charge on any atom is -0.317 e. The van der Waals surface area contributed by atoms with E-state index in [-0.39, 0.29) is 3.57 Å². The first-order valence-corrected chi connectivity index (χ1v) is 7.39. The molecule has 10 heteroatoms. The van der Waals surface area contributed by atoms with Gasteiger partial charge < -0.3 is 5.11 Å². The number of benzene rings is 1. The van der Waals surface area contributed by atoms with Crippen LogP contribution in [-0.4, -0.2) is 14.9 Å². The molecule has 0 aliphatic carbocycles. The monoisotopic (exact) mass is 394 g/mol. The van der Waals surface area contributed by atoms with E-state index in [9.17, 15) is 18.6 Å². The lowest BCUT2D eigenvalue weighted by atomic mass is 10.2. The quantitative estimate of drug-likeness (QED) is 0.410. The Morgan fingerprint density at radius 2 is 1.94 bits per heavy atom. The van der Waals surface area contributed by atoms with E-state index < -0.39 is 33.2 Å². The predicted molar refractivity (Wildman–Crippen MR) is 63.7 cm³/mol. The van der Waals surface area contributed by atoms with Crippen LogP contribution >= 0.6 is 38.9 Å². The molecule has 3 atom stereocenters. The highest BCUT2D eigenvalue weighted by Crippen LogP contribution is 2.49. The van der Waals surface area contributed by atoms with Crippen molar-refractivity contribution in [2.75, 3.05) is 0 Å². The van der Waals surface area contributed by atoms with E-state index in [4.69, 9.17) is 9.79 Å². The molecule has 3 unspecified atom stereocenters. The van der Waals surface area contributed by atoms with Crippen molar-refractivity contribution in [1.82, 2.24) is 0 Å². The summed E-state index contributed by atoms with van der Waals surface area (Å²) in [7, 11) is -6.88. The van der Waals surface area contributed by atoms with E-state index in [1.165, 1.54) is 12.1 Å². The van der Waals surface area contributed by atoms with E-state index in [2.05, 4.69) is 4.52 Å². The van der Waals surface area contributed by atoms with Crippen molar-refractivity contribution in [3.63, 3.8) is 0 Å². The number of rotatable bonds is 4. The summed E-state index contributed by atoms with van der Waals surface area (Å²) < 4.78 is 39.2. The standard InChI is InChI=1S/C7H4FIO6P2/c8-4-2-1-3-5(9)6(4)7(10,16(11)12)15-17(13)14/h1-3,10H/p+2. The van der Waals surface area contributed by atoms with Crippen molar-refractivity contribution in [3.8, 4) is 0 Å². The number of aliphatic hydroxyl groups is 1. The fraction of sp³-hybridized carbons (Fsp3) is 0.143. The van der Waals surface area contributed by atoms with Gasteiger partial charge in [0.15, 0.2) is 0 Å². The third kappa shape index (κ3) is 3.23. The van der Waals surface area contributed by atoms with Crippen LogP contribution in [0.1, 0.15) is 5.56 Å². The SMILES string of the molecule is O=[P+](O)OC(O)(c1c(F)cccc1I)[P+](=O)O.